The van der Waals surface area contributed by atoms with Crippen LogP contribution < -0.4 is 19.7 Å². The van der Waals surface area contributed by atoms with Crippen molar-refractivity contribution in [1.29, 1.82) is 0 Å². The van der Waals surface area contributed by atoms with E-state index >= 15 is 0 Å². The summed E-state index contributed by atoms with van der Waals surface area (Å²) >= 11 is 0. The van der Waals surface area contributed by atoms with E-state index in [4.69, 9.17) is 9.47 Å². The first-order valence-electron chi connectivity index (χ1n) is 8.40. The van der Waals surface area contributed by atoms with Gasteiger partial charge in [0, 0.05) is 24.5 Å². The van der Waals surface area contributed by atoms with Crippen molar-refractivity contribution in [2.24, 2.45) is 0 Å². The number of rotatable bonds is 6. The van der Waals surface area contributed by atoms with E-state index in [-0.39, 0.29) is 5.91 Å². The van der Waals surface area contributed by atoms with E-state index < -0.39 is 0 Å². The van der Waals surface area contributed by atoms with Gasteiger partial charge in [-0.3, -0.25) is 4.79 Å². The van der Waals surface area contributed by atoms with Gasteiger partial charge in [0.15, 0.2) is 11.5 Å². The molecular weight excluding hydrogens is 342 g/mol. The maximum Gasteiger partial charge on any atom is 0.276 e. The van der Waals surface area contributed by atoms with Gasteiger partial charge in [0.25, 0.3) is 5.91 Å². The molecule has 0 aliphatic rings. The molecular formula is C21H21N3O3. The molecule has 138 valence electrons. The Kier molecular flexibility index (Phi) is 5.56. The van der Waals surface area contributed by atoms with Crippen molar-refractivity contribution in [1.82, 2.24) is 4.98 Å². The Morgan fingerprint density at radius 2 is 1.63 bits per heavy atom. The van der Waals surface area contributed by atoms with Crippen LogP contribution in [0.2, 0.25) is 0 Å². The summed E-state index contributed by atoms with van der Waals surface area (Å²) in [6, 6.07) is 18.5. The van der Waals surface area contributed by atoms with Crippen LogP contribution in [-0.2, 0) is 0 Å². The zero-order valence-corrected chi connectivity index (χ0v) is 15.5. The molecule has 0 fully saturated rings. The Hall–Kier alpha value is -3.54. The standard InChI is InChI=1S/C21H21N3O3/c1-24(17-7-5-4-6-8-17)21(25)18-11-9-16(14-22-18)23-15-10-12-19(26-2)20(13-15)27-3/h4-14,23H,1-3H3. The molecule has 3 rings (SSSR count). The Morgan fingerprint density at radius 3 is 2.26 bits per heavy atom. The molecule has 0 saturated carbocycles. The first-order valence-corrected chi connectivity index (χ1v) is 8.40. The number of hydrogen-bond donors (Lipinski definition) is 1. The van der Waals surface area contributed by atoms with Gasteiger partial charge >= 0.3 is 0 Å². The first-order chi connectivity index (χ1) is 13.1. The molecule has 0 aliphatic carbocycles. The number of nitrogens with zero attached hydrogens (tertiary/aromatic N) is 2. The summed E-state index contributed by atoms with van der Waals surface area (Å²) in [7, 11) is 4.92. The molecule has 0 saturated heterocycles. The van der Waals surface area contributed by atoms with Crippen LogP contribution in [-0.4, -0.2) is 32.2 Å². The number of carbonyl (C=O) groups is 1. The van der Waals surface area contributed by atoms with E-state index in [0.717, 1.165) is 17.1 Å². The van der Waals surface area contributed by atoms with Crippen molar-refractivity contribution < 1.29 is 14.3 Å². The molecule has 2 aromatic carbocycles. The summed E-state index contributed by atoms with van der Waals surface area (Å²) in [6.07, 6.45) is 1.63. The molecule has 1 amide bonds. The number of carbonyl (C=O) groups excluding carboxylic acids is 1. The minimum absolute atomic E-state index is 0.168. The third-order valence-electron chi connectivity index (χ3n) is 4.10. The molecule has 27 heavy (non-hydrogen) atoms. The molecule has 0 aliphatic heterocycles. The Bertz CT molecular complexity index is 912. The lowest BCUT2D eigenvalue weighted by molar-refractivity contribution is 0.0988. The highest BCUT2D eigenvalue weighted by Crippen LogP contribution is 2.31. The van der Waals surface area contributed by atoms with Crippen LogP contribution in [0, 0.1) is 0 Å². The van der Waals surface area contributed by atoms with Crippen molar-refractivity contribution >= 4 is 23.0 Å². The van der Waals surface area contributed by atoms with E-state index in [1.807, 2.05) is 54.6 Å². The molecule has 1 aromatic heterocycles. The normalized spacial score (nSPS) is 10.2. The molecule has 1 N–H and O–H groups in total. The first kappa shape index (κ1) is 18.3. The second-order valence-electron chi connectivity index (χ2n) is 5.83. The van der Waals surface area contributed by atoms with E-state index in [0.29, 0.717) is 17.2 Å². The number of pyridine rings is 1. The van der Waals surface area contributed by atoms with Gasteiger partial charge in [-0.05, 0) is 36.4 Å². The van der Waals surface area contributed by atoms with Gasteiger partial charge in [0.2, 0.25) is 0 Å². The number of nitrogens with one attached hydrogen (secondary N) is 1. The van der Waals surface area contributed by atoms with Crippen molar-refractivity contribution in [3.63, 3.8) is 0 Å². The molecule has 0 radical (unpaired) electrons. The van der Waals surface area contributed by atoms with Crippen molar-refractivity contribution in [2.45, 2.75) is 0 Å². The van der Waals surface area contributed by atoms with Gasteiger partial charge in [-0.1, -0.05) is 18.2 Å². The molecule has 3 aromatic rings. The van der Waals surface area contributed by atoms with E-state index in [9.17, 15) is 4.79 Å². The minimum atomic E-state index is -0.168. The van der Waals surface area contributed by atoms with Crippen molar-refractivity contribution in [3.05, 3.63) is 72.6 Å². The molecule has 0 bridgehead atoms. The lowest BCUT2D eigenvalue weighted by Gasteiger charge is -2.17. The number of anilines is 3. The maximum absolute atomic E-state index is 12.6. The van der Waals surface area contributed by atoms with E-state index in [1.54, 1.807) is 38.4 Å². The summed E-state index contributed by atoms with van der Waals surface area (Å²) < 4.78 is 10.5. The van der Waals surface area contributed by atoms with E-state index in [2.05, 4.69) is 10.3 Å². The zero-order chi connectivity index (χ0) is 19.2. The van der Waals surface area contributed by atoms with Gasteiger partial charge < -0.3 is 19.7 Å². The SMILES string of the molecule is COc1ccc(Nc2ccc(C(=O)N(C)c3ccccc3)nc2)cc1OC. The smallest absolute Gasteiger partial charge is 0.276 e. The summed E-state index contributed by atoms with van der Waals surface area (Å²) in [5.74, 6) is 1.12. The quantitative estimate of drug-likeness (QED) is 0.714. The number of methoxy groups -OCH3 is 2. The summed E-state index contributed by atoms with van der Waals surface area (Å²) in [5, 5.41) is 3.23. The average Bonchev–Trinajstić information content (AvgIpc) is 2.73. The van der Waals surface area contributed by atoms with Crippen LogP contribution in [0.1, 0.15) is 10.5 Å². The largest absolute Gasteiger partial charge is 0.493 e. The predicted octanol–water partition coefficient (Wildman–Crippen LogP) is 4.12. The number of benzene rings is 2. The Balaban J connectivity index is 1.73. The Labute approximate surface area is 158 Å². The highest BCUT2D eigenvalue weighted by Gasteiger charge is 2.14. The molecule has 0 atom stereocenters. The minimum Gasteiger partial charge on any atom is -0.493 e. The third-order valence-corrected chi connectivity index (χ3v) is 4.10. The lowest BCUT2D eigenvalue weighted by Crippen LogP contribution is -2.26. The van der Waals surface area contributed by atoms with Gasteiger partial charge in [-0.15, -0.1) is 0 Å². The highest BCUT2D eigenvalue weighted by molar-refractivity contribution is 6.04. The van der Waals surface area contributed by atoms with Gasteiger partial charge in [-0.2, -0.15) is 0 Å². The van der Waals surface area contributed by atoms with Crippen LogP contribution in [0.15, 0.2) is 66.9 Å². The fraction of sp³-hybridized carbons (Fsp3) is 0.143. The highest BCUT2D eigenvalue weighted by atomic mass is 16.5. The van der Waals surface area contributed by atoms with Crippen LogP contribution >= 0.6 is 0 Å². The third kappa shape index (κ3) is 4.17. The van der Waals surface area contributed by atoms with Crippen molar-refractivity contribution in [3.8, 4) is 11.5 Å². The number of ether oxygens (including phenoxy) is 2. The van der Waals surface area contributed by atoms with Crippen LogP contribution in [0.5, 0.6) is 11.5 Å². The molecule has 0 spiro atoms. The van der Waals surface area contributed by atoms with Crippen LogP contribution in [0.25, 0.3) is 0 Å². The zero-order valence-electron chi connectivity index (χ0n) is 15.5. The van der Waals surface area contributed by atoms with Gasteiger partial charge in [0.1, 0.15) is 5.69 Å². The average molecular weight is 363 g/mol. The summed E-state index contributed by atoms with van der Waals surface area (Å²) in [6.45, 7) is 0. The summed E-state index contributed by atoms with van der Waals surface area (Å²) in [5.41, 5.74) is 2.78. The number of aromatic nitrogens is 1. The second kappa shape index (κ2) is 8.23. The second-order valence-corrected chi connectivity index (χ2v) is 5.83. The molecule has 6 heteroatoms. The Morgan fingerprint density at radius 1 is 0.926 bits per heavy atom. The molecule has 6 nitrogen and oxygen atoms in total. The number of para-hydroxylation sites is 1. The number of hydrogen-bond acceptors (Lipinski definition) is 5. The topological polar surface area (TPSA) is 63.7 Å². The fourth-order valence-corrected chi connectivity index (χ4v) is 2.62. The summed E-state index contributed by atoms with van der Waals surface area (Å²) in [4.78, 5) is 18.4. The lowest BCUT2D eigenvalue weighted by atomic mass is 10.2. The van der Waals surface area contributed by atoms with Crippen molar-refractivity contribution in [2.75, 3.05) is 31.5 Å². The van der Waals surface area contributed by atoms with E-state index in [1.165, 1.54) is 0 Å². The van der Waals surface area contributed by atoms with Crippen LogP contribution in [0.3, 0.4) is 0 Å². The molecule has 1 heterocycles. The predicted molar refractivity (Wildman–Crippen MR) is 106 cm³/mol. The van der Waals surface area contributed by atoms with Gasteiger partial charge in [0.05, 0.1) is 26.1 Å². The number of amides is 1. The van der Waals surface area contributed by atoms with Gasteiger partial charge in [-0.25, -0.2) is 4.98 Å². The monoisotopic (exact) mass is 363 g/mol. The van der Waals surface area contributed by atoms with Crippen LogP contribution in [0.4, 0.5) is 17.1 Å². The maximum atomic E-state index is 12.6. The fourth-order valence-electron chi connectivity index (χ4n) is 2.62. The molecule has 0 unspecified atom stereocenters.